The van der Waals surface area contributed by atoms with E-state index < -0.39 is 10.4 Å². The molecule has 0 aliphatic rings. The molecule has 0 aromatic heterocycles. The summed E-state index contributed by atoms with van der Waals surface area (Å²) in [7, 11) is -5.17. The van der Waals surface area contributed by atoms with Crippen LogP contribution < -0.4 is 0 Å². The van der Waals surface area contributed by atoms with Crippen molar-refractivity contribution < 1.29 is 25.9 Å². The van der Waals surface area contributed by atoms with Crippen molar-refractivity contribution in [3.63, 3.8) is 0 Å². The summed E-state index contributed by atoms with van der Waals surface area (Å²) in [5.74, 6) is 0. The fourth-order valence-electron chi connectivity index (χ4n) is 0. The minimum atomic E-state index is -5.17. The Morgan fingerprint density at radius 3 is 1.25 bits per heavy atom. The number of rotatable bonds is 0. The van der Waals surface area contributed by atoms with Crippen LogP contribution in [0, 0.1) is 0 Å². The van der Waals surface area contributed by atoms with E-state index in [1.54, 1.807) is 0 Å². The van der Waals surface area contributed by atoms with Crippen molar-refractivity contribution in [1.82, 2.24) is 0 Å². The summed E-state index contributed by atoms with van der Waals surface area (Å²) in [5.41, 5.74) is 0. The van der Waals surface area contributed by atoms with E-state index >= 15 is 0 Å². The Balaban J connectivity index is -0.00000000800. The molecule has 8 heavy (non-hydrogen) atoms. The molecule has 0 heterocycles. The zero-order chi connectivity index (χ0) is 4.50. The molecule has 0 spiro atoms. The topological polar surface area (TPSA) is 112 Å². The van der Waals surface area contributed by atoms with Crippen LogP contribution in [0.15, 0.2) is 0 Å². The first kappa shape index (κ1) is 22.5. The smallest absolute Gasteiger partial charge is 1.00 e. The van der Waals surface area contributed by atoms with Crippen molar-refractivity contribution in [2.24, 2.45) is 0 Å². The fraction of sp³-hybridized carbons (Fsp3) is 0. The van der Waals surface area contributed by atoms with Crippen molar-refractivity contribution >= 4 is 82.3 Å². The predicted molar refractivity (Wildman–Crippen MR) is 27.8 cm³/mol. The minimum absolute atomic E-state index is 0. The van der Waals surface area contributed by atoms with Crippen molar-refractivity contribution in [3.05, 3.63) is 0 Å². The molecule has 0 unspecified atom stereocenters. The number of hydrogen-bond donors (Lipinski definition) is 0. The van der Waals surface area contributed by atoms with E-state index in [0.29, 0.717) is 0 Å². The van der Waals surface area contributed by atoms with Crippen molar-refractivity contribution in [2.75, 3.05) is 0 Å². The van der Waals surface area contributed by atoms with Gasteiger partial charge in [0.05, 0.1) is 0 Å². The summed E-state index contributed by atoms with van der Waals surface area (Å²) in [6.45, 7) is 0. The van der Waals surface area contributed by atoms with E-state index in [2.05, 4.69) is 0 Å². The van der Waals surface area contributed by atoms with Crippen LogP contribution >= 0.6 is 0 Å². The molecule has 0 aromatic rings. The molecule has 0 aliphatic heterocycles. The van der Waals surface area contributed by atoms with Crippen molar-refractivity contribution in [2.45, 2.75) is 0 Å². The van der Waals surface area contributed by atoms with Gasteiger partial charge in [0.15, 0.2) is 0 Å². The molecule has 0 saturated carbocycles. The zero-order valence-corrected chi connectivity index (χ0v) is 10.6. The van der Waals surface area contributed by atoms with E-state index in [-0.39, 0.29) is 80.3 Å². The van der Waals surface area contributed by atoms with Gasteiger partial charge in [0.2, 0.25) is 0 Å². The Bertz CT molecular complexity index is 103. The molecule has 2 N–H and O–H groups in total. The maximum atomic E-state index is 8.52. The molecular formula is H4BaMgO5S. The summed E-state index contributed by atoms with van der Waals surface area (Å²) in [6, 6.07) is 0. The maximum absolute atomic E-state index is 8.52. The quantitative estimate of drug-likeness (QED) is 0.272. The third-order valence-electron chi connectivity index (χ3n) is 0. The molecule has 5 nitrogen and oxygen atoms in total. The average Bonchev–Trinajstić information content (AvgIpc) is 0.722. The summed E-state index contributed by atoms with van der Waals surface area (Å²) in [5, 5.41) is 0. The van der Waals surface area contributed by atoms with E-state index in [1.807, 2.05) is 0 Å². The molecule has 44 valence electrons. The van der Waals surface area contributed by atoms with Gasteiger partial charge in [0.25, 0.3) is 0 Å². The average molecular weight is 278 g/mol. The molecule has 0 fully saturated rings. The molecule has 0 amide bonds. The summed E-state index contributed by atoms with van der Waals surface area (Å²) in [4.78, 5) is 0. The molecular weight excluding hydrogens is 274 g/mol. The van der Waals surface area contributed by atoms with Crippen LogP contribution in [-0.4, -0.2) is 94.9 Å². The van der Waals surface area contributed by atoms with Crippen molar-refractivity contribution in [3.8, 4) is 0 Å². The Kier molecular flexibility index (Phi) is 25.7. The maximum Gasteiger partial charge on any atom is 2.00 e. The Morgan fingerprint density at radius 2 is 1.25 bits per heavy atom. The van der Waals surface area contributed by atoms with Gasteiger partial charge in [-0.1, -0.05) is 0 Å². The minimum Gasteiger partial charge on any atom is -1.00 e. The van der Waals surface area contributed by atoms with E-state index in [0.717, 1.165) is 0 Å². The van der Waals surface area contributed by atoms with Crippen molar-refractivity contribution in [1.29, 1.82) is 0 Å². The molecule has 0 bridgehead atoms. The van der Waals surface area contributed by atoms with Crippen LogP contribution in [0.3, 0.4) is 0 Å². The molecule has 8 heteroatoms. The Morgan fingerprint density at radius 1 is 1.25 bits per heavy atom. The third-order valence-corrected chi connectivity index (χ3v) is 0. The van der Waals surface area contributed by atoms with Crippen LogP contribution in [0.25, 0.3) is 0 Å². The van der Waals surface area contributed by atoms with E-state index in [9.17, 15) is 0 Å². The zero-order valence-electron chi connectivity index (χ0n) is 5.96. The first-order valence-corrected chi connectivity index (χ1v) is 2.00. The fourth-order valence-corrected chi connectivity index (χ4v) is 0. The summed E-state index contributed by atoms with van der Waals surface area (Å²) >= 11 is 0. The first-order valence-electron chi connectivity index (χ1n) is 0.667. The van der Waals surface area contributed by atoms with Gasteiger partial charge in [-0.3, -0.25) is 8.42 Å². The SMILES string of the molecule is O.O=S(=O)([O-])[O-].[Ba+2].[H-].[H-].[Mg+2]. The van der Waals surface area contributed by atoms with Crippen LogP contribution in [0.5, 0.6) is 0 Å². The van der Waals surface area contributed by atoms with Gasteiger partial charge in [-0.15, -0.1) is 0 Å². The van der Waals surface area contributed by atoms with Crippen LogP contribution in [0.1, 0.15) is 2.85 Å². The van der Waals surface area contributed by atoms with Crippen LogP contribution in [0.2, 0.25) is 0 Å². The molecule has 0 aromatic carbocycles. The van der Waals surface area contributed by atoms with Gasteiger partial charge in [-0.2, -0.15) is 0 Å². The van der Waals surface area contributed by atoms with Gasteiger partial charge in [-0.25, -0.2) is 0 Å². The largest absolute Gasteiger partial charge is 2.00 e. The Hall–Kier alpha value is 2.17. The van der Waals surface area contributed by atoms with Crippen LogP contribution in [0.4, 0.5) is 0 Å². The summed E-state index contributed by atoms with van der Waals surface area (Å²) in [6.07, 6.45) is 0. The van der Waals surface area contributed by atoms with Gasteiger partial charge >= 0.3 is 71.9 Å². The molecule has 0 rings (SSSR count). The van der Waals surface area contributed by atoms with Gasteiger partial charge < -0.3 is 17.4 Å². The molecule has 0 aliphatic carbocycles. The van der Waals surface area contributed by atoms with E-state index in [4.69, 9.17) is 17.5 Å². The van der Waals surface area contributed by atoms with Gasteiger partial charge in [0.1, 0.15) is 0 Å². The second-order valence-electron chi connectivity index (χ2n) is 0.408. The van der Waals surface area contributed by atoms with Crippen LogP contribution in [-0.2, 0) is 10.4 Å². The monoisotopic (exact) mass is 278 g/mol. The van der Waals surface area contributed by atoms with E-state index in [1.165, 1.54) is 0 Å². The second kappa shape index (κ2) is 9.17. The van der Waals surface area contributed by atoms with Gasteiger partial charge in [-0.05, 0) is 0 Å². The Labute approximate surface area is 106 Å². The van der Waals surface area contributed by atoms with Gasteiger partial charge in [0, 0.05) is 10.4 Å². The second-order valence-corrected chi connectivity index (χ2v) is 1.22. The molecule has 0 saturated heterocycles. The third kappa shape index (κ3) is 89.3. The predicted octanol–water partition coefficient (Wildman–Crippen LogP) is -2.70. The number of hydrogen-bond acceptors (Lipinski definition) is 4. The first-order chi connectivity index (χ1) is 2.00. The molecule has 0 atom stereocenters. The normalized spacial score (nSPS) is 7.25. The summed E-state index contributed by atoms with van der Waals surface area (Å²) < 4.78 is 34.1. The standard InChI is InChI=1S/Ba.Mg.H2O4S.H2O.2H/c;;1-5(2,3)4;;;/h;;(H2,1,2,3,4);1H2;;/q2*+2;;;2*-1/p-2. The molecule has 0 radical (unpaired) electrons.